The maximum absolute atomic E-state index is 13.9. The summed E-state index contributed by atoms with van der Waals surface area (Å²) in [5, 5.41) is 12.5. The number of anilines is 1. The minimum Gasteiger partial charge on any atom is -0.343 e. The van der Waals surface area contributed by atoms with Gasteiger partial charge in [-0.2, -0.15) is 0 Å². The first-order valence-electron chi connectivity index (χ1n) is 12.4. The molecule has 1 aromatic rings. The topological polar surface area (TPSA) is 103 Å². The van der Waals surface area contributed by atoms with Gasteiger partial charge in [0.05, 0.1) is 18.0 Å². The molecule has 33 heavy (non-hydrogen) atoms. The van der Waals surface area contributed by atoms with Crippen molar-refractivity contribution in [3.8, 4) is 0 Å². The summed E-state index contributed by atoms with van der Waals surface area (Å²) < 4.78 is 0. The van der Waals surface area contributed by atoms with Crippen LogP contribution < -0.4 is 21.3 Å². The number of carbonyl (C=O) groups excluding carboxylic acids is 3. The number of carbonyl (C=O) groups is 3. The van der Waals surface area contributed by atoms with E-state index in [-0.39, 0.29) is 47.7 Å². The van der Waals surface area contributed by atoms with Gasteiger partial charge in [-0.3, -0.25) is 14.4 Å². The summed E-state index contributed by atoms with van der Waals surface area (Å²) in [6.07, 6.45) is 6.07. The van der Waals surface area contributed by atoms with Crippen LogP contribution in [0.4, 0.5) is 5.69 Å². The molecule has 0 unspecified atom stereocenters. The van der Waals surface area contributed by atoms with E-state index in [0.29, 0.717) is 13.1 Å². The summed E-state index contributed by atoms with van der Waals surface area (Å²) in [5.41, 5.74) is 0.759. The molecule has 180 valence electrons. The molecule has 4 N–H and O–H groups in total. The van der Waals surface area contributed by atoms with Gasteiger partial charge in [-0.05, 0) is 51.3 Å². The summed E-state index contributed by atoms with van der Waals surface area (Å²) in [5.74, 6) is -0.430. The van der Waals surface area contributed by atoms with E-state index in [9.17, 15) is 14.4 Å². The van der Waals surface area contributed by atoms with Gasteiger partial charge in [-0.1, -0.05) is 37.5 Å². The lowest BCUT2D eigenvalue weighted by Crippen LogP contribution is -2.58. The first-order valence-corrected chi connectivity index (χ1v) is 12.4. The van der Waals surface area contributed by atoms with E-state index >= 15 is 0 Å². The van der Waals surface area contributed by atoms with Gasteiger partial charge in [0.25, 0.3) is 0 Å². The predicted molar refractivity (Wildman–Crippen MR) is 127 cm³/mol. The van der Waals surface area contributed by atoms with Crippen LogP contribution in [0.25, 0.3) is 0 Å². The van der Waals surface area contributed by atoms with Gasteiger partial charge in [-0.15, -0.1) is 0 Å². The molecule has 8 heteroatoms. The second-order valence-corrected chi connectivity index (χ2v) is 9.68. The lowest BCUT2D eigenvalue weighted by molar-refractivity contribution is -0.140. The van der Waals surface area contributed by atoms with E-state index in [2.05, 4.69) is 21.3 Å². The number of nitrogens with zero attached hydrogens (tertiary/aromatic N) is 1. The summed E-state index contributed by atoms with van der Waals surface area (Å²) in [6, 6.07) is 8.44. The molecule has 2 saturated heterocycles. The molecule has 8 nitrogen and oxygen atoms in total. The molecule has 0 bridgehead atoms. The highest BCUT2D eigenvalue weighted by molar-refractivity contribution is 5.95. The number of fused-ring (bicyclic) bond motifs is 1. The fraction of sp³-hybridized carbons (Fsp3) is 0.640. The van der Waals surface area contributed by atoms with Crippen LogP contribution in [0.1, 0.15) is 45.4 Å². The van der Waals surface area contributed by atoms with Gasteiger partial charge < -0.3 is 26.2 Å². The molecule has 0 radical (unpaired) electrons. The summed E-state index contributed by atoms with van der Waals surface area (Å²) >= 11 is 0. The van der Waals surface area contributed by atoms with Gasteiger partial charge in [0.1, 0.15) is 6.04 Å². The van der Waals surface area contributed by atoms with Crippen LogP contribution in [0.5, 0.6) is 0 Å². The average Bonchev–Trinajstić information content (AvgIpc) is 3.45. The van der Waals surface area contributed by atoms with E-state index < -0.39 is 6.04 Å². The van der Waals surface area contributed by atoms with E-state index in [1.807, 2.05) is 35.2 Å². The molecule has 3 aliphatic rings. The first kappa shape index (κ1) is 23.7. The Balaban J connectivity index is 1.51. The van der Waals surface area contributed by atoms with Crippen LogP contribution in [0.15, 0.2) is 30.3 Å². The molecule has 5 atom stereocenters. The Hall–Kier alpha value is -2.45. The van der Waals surface area contributed by atoms with E-state index in [0.717, 1.165) is 37.8 Å². The molecule has 1 saturated carbocycles. The summed E-state index contributed by atoms with van der Waals surface area (Å²) in [4.78, 5) is 41.6. The van der Waals surface area contributed by atoms with Crippen LogP contribution in [0.3, 0.4) is 0 Å². The second kappa shape index (κ2) is 10.7. The third-order valence-electron chi connectivity index (χ3n) is 7.64. The minimum absolute atomic E-state index is 0.0349. The molecular formula is C25H37N5O3. The lowest BCUT2D eigenvalue weighted by Gasteiger charge is -2.36. The predicted octanol–water partition coefficient (Wildman–Crippen LogP) is 1.49. The number of rotatable bonds is 7. The van der Waals surface area contributed by atoms with Gasteiger partial charge in [0.15, 0.2) is 0 Å². The molecule has 1 aliphatic carbocycles. The standard InChI is InChI=1S/C25H37N5O3/c1-16(26-2)23(31)29-21(17-9-5-3-6-10-17)25(33)30-14-13-20-22(30)19(15-27-20)24(32)28-18-11-7-4-8-12-18/h4,7-8,11-12,16-17,19-22,26-27H,3,5-6,9-10,13-15H2,1-2H3,(H,28,32)(H,29,31)/t16-,19-,20+,21-,22+/m0/s1. The van der Waals surface area contributed by atoms with Crippen molar-refractivity contribution >= 4 is 23.4 Å². The molecule has 2 aliphatic heterocycles. The Morgan fingerprint density at radius 3 is 2.48 bits per heavy atom. The van der Waals surface area contributed by atoms with Crippen molar-refractivity contribution in [1.29, 1.82) is 0 Å². The third-order valence-corrected chi connectivity index (χ3v) is 7.64. The molecule has 2 heterocycles. The van der Waals surface area contributed by atoms with Crippen LogP contribution in [-0.2, 0) is 14.4 Å². The number of nitrogens with one attached hydrogen (secondary N) is 4. The van der Waals surface area contributed by atoms with Crippen molar-refractivity contribution in [2.75, 3.05) is 25.5 Å². The van der Waals surface area contributed by atoms with Crippen LogP contribution >= 0.6 is 0 Å². The summed E-state index contributed by atoms with van der Waals surface area (Å²) in [6.45, 7) is 2.96. The van der Waals surface area contributed by atoms with Crippen LogP contribution in [0, 0.1) is 11.8 Å². The lowest BCUT2D eigenvalue weighted by atomic mass is 9.83. The summed E-state index contributed by atoms with van der Waals surface area (Å²) in [7, 11) is 1.74. The van der Waals surface area contributed by atoms with Crippen LogP contribution in [-0.4, -0.2) is 66.9 Å². The Kier molecular flexibility index (Phi) is 7.65. The highest BCUT2D eigenvalue weighted by atomic mass is 16.2. The molecule has 4 rings (SSSR count). The zero-order chi connectivity index (χ0) is 23.4. The van der Waals surface area contributed by atoms with E-state index in [1.54, 1.807) is 14.0 Å². The number of amides is 3. The highest BCUT2D eigenvalue weighted by Crippen LogP contribution is 2.34. The zero-order valence-corrected chi connectivity index (χ0v) is 19.7. The molecule has 0 spiro atoms. The maximum Gasteiger partial charge on any atom is 0.245 e. The van der Waals surface area contributed by atoms with Crippen molar-refractivity contribution in [1.82, 2.24) is 20.9 Å². The quantitative estimate of drug-likeness (QED) is 0.499. The highest BCUT2D eigenvalue weighted by Gasteiger charge is 2.50. The molecule has 3 fully saturated rings. The largest absolute Gasteiger partial charge is 0.343 e. The van der Waals surface area contributed by atoms with Crippen molar-refractivity contribution in [3.05, 3.63) is 30.3 Å². The average molecular weight is 456 g/mol. The molecular weight excluding hydrogens is 418 g/mol. The van der Waals surface area contributed by atoms with E-state index in [1.165, 1.54) is 6.42 Å². The number of hydrogen-bond acceptors (Lipinski definition) is 5. The Morgan fingerprint density at radius 1 is 1.06 bits per heavy atom. The first-order chi connectivity index (χ1) is 16.0. The zero-order valence-electron chi connectivity index (χ0n) is 19.7. The minimum atomic E-state index is -0.536. The van der Waals surface area contributed by atoms with Gasteiger partial charge in [0, 0.05) is 24.8 Å². The van der Waals surface area contributed by atoms with E-state index in [4.69, 9.17) is 0 Å². The normalized spacial score (nSPS) is 27.0. The Bertz CT molecular complexity index is 842. The Morgan fingerprint density at radius 2 is 1.79 bits per heavy atom. The SMILES string of the molecule is CN[C@@H](C)C(=O)N[C@H](C(=O)N1CC[C@H]2NC[C@H](C(=O)Nc3ccccc3)[C@H]21)C1CCCCC1. The second-order valence-electron chi connectivity index (χ2n) is 9.68. The third kappa shape index (κ3) is 5.22. The van der Waals surface area contributed by atoms with Crippen LogP contribution in [0.2, 0.25) is 0 Å². The van der Waals surface area contributed by atoms with Gasteiger partial charge >= 0.3 is 0 Å². The maximum atomic E-state index is 13.9. The molecule has 3 amide bonds. The fourth-order valence-electron chi connectivity index (χ4n) is 5.63. The number of para-hydroxylation sites is 1. The smallest absolute Gasteiger partial charge is 0.245 e. The van der Waals surface area contributed by atoms with Crippen molar-refractivity contribution < 1.29 is 14.4 Å². The van der Waals surface area contributed by atoms with Gasteiger partial charge in [-0.25, -0.2) is 0 Å². The monoisotopic (exact) mass is 455 g/mol. The fourth-order valence-corrected chi connectivity index (χ4v) is 5.63. The van der Waals surface area contributed by atoms with Crippen molar-refractivity contribution in [2.45, 2.75) is 69.6 Å². The number of hydrogen-bond donors (Lipinski definition) is 4. The van der Waals surface area contributed by atoms with Crippen molar-refractivity contribution in [3.63, 3.8) is 0 Å². The molecule has 0 aromatic heterocycles. The van der Waals surface area contributed by atoms with Gasteiger partial charge in [0.2, 0.25) is 17.7 Å². The Labute approximate surface area is 196 Å². The number of likely N-dealkylation sites (N-methyl/N-ethyl adjacent to an activating group) is 1. The number of benzene rings is 1. The number of likely N-dealkylation sites (tertiary alicyclic amines) is 1. The van der Waals surface area contributed by atoms with Crippen molar-refractivity contribution in [2.24, 2.45) is 11.8 Å². The molecule has 1 aromatic carbocycles.